The van der Waals surface area contributed by atoms with Crippen LogP contribution in [0.15, 0.2) is 69.9 Å². The lowest BCUT2D eigenvalue weighted by Gasteiger charge is -2.23. The number of hydrogen-bond acceptors (Lipinski definition) is 5. The third-order valence-electron chi connectivity index (χ3n) is 4.87. The van der Waals surface area contributed by atoms with E-state index in [2.05, 4.69) is 28.6 Å². The van der Waals surface area contributed by atoms with Crippen LogP contribution in [0, 0.1) is 5.82 Å². The van der Waals surface area contributed by atoms with Gasteiger partial charge in [-0.2, -0.15) is 0 Å². The average Bonchev–Trinajstić information content (AvgIpc) is 3.20. The molecule has 0 bridgehead atoms. The van der Waals surface area contributed by atoms with Crippen LogP contribution in [0.2, 0.25) is 0 Å². The van der Waals surface area contributed by atoms with Crippen LogP contribution in [0.3, 0.4) is 0 Å². The number of benzene rings is 2. The van der Waals surface area contributed by atoms with Crippen LogP contribution in [-0.4, -0.2) is 19.9 Å². The van der Waals surface area contributed by atoms with Crippen molar-refractivity contribution in [3.8, 4) is 5.75 Å². The Balaban J connectivity index is 1.55. The van der Waals surface area contributed by atoms with Crippen molar-refractivity contribution in [2.45, 2.75) is 36.2 Å². The Kier molecular flexibility index (Phi) is 5.92. The minimum Gasteiger partial charge on any atom is -0.492 e. The number of nitrogens with zero attached hydrogens (tertiary/aromatic N) is 1. The zero-order valence-corrected chi connectivity index (χ0v) is 18.2. The second-order valence-corrected chi connectivity index (χ2v) is 9.97. The molecule has 0 aliphatic carbocycles. The highest BCUT2D eigenvalue weighted by molar-refractivity contribution is 7.91. The summed E-state index contributed by atoms with van der Waals surface area (Å²) in [5, 5.41) is 2.08. The molecule has 4 rings (SSSR count). The Morgan fingerprint density at radius 1 is 1.13 bits per heavy atom. The third-order valence-corrected chi connectivity index (χ3v) is 7.62. The molecule has 0 amide bonds. The number of thiophene rings is 1. The second kappa shape index (κ2) is 8.62. The van der Waals surface area contributed by atoms with Crippen LogP contribution in [0.5, 0.6) is 5.75 Å². The predicted molar refractivity (Wildman–Crippen MR) is 117 cm³/mol. The topological polar surface area (TPSA) is 46.6 Å². The molecule has 0 fully saturated rings. The maximum atomic E-state index is 14.5. The molecule has 1 aliphatic heterocycles. The summed E-state index contributed by atoms with van der Waals surface area (Å²) in [4.78, 5) is 3.13. The summed E-state index contributed by atoms with van der Waals surface area (Å²) in [6, 6.07) is 12.8. The van der Waals surface area contributed by atoms with Gasteiger partial charge in [0, 0.05) is 17.6 Å². The maximum absolute atomic E-state index is 14.5. The molecule has 156 valence electrons. The van der Waals surface area contributed by atoms with Gasteiger partial charge in [-0.05, 0) is 59.3 Å². The number of hydrogen-bond donors (Lipinski definition) is 0. The van der Waals surface area contributed by atoms with Crippen molar-refractivity contribution in [3.05, 3.63) is 81.9 Å². The van der Waals surface area contributed by atoms with Crippen LogP contribution in [0.1, 0.15) is 29.3 Å². The van der Waals surface area contributed by atoms with E-state index in [0.29, 0.717) is 19.6 Å². The molecule has 1 aromatic heterocycles. The summed E-state index contributed by atoms with van der Waals surface area (Å²) in [6.45, 7) is 3.72. The molecule has 2 aromatic carbocycles. The monoisotopic (exact) mass is 443 g/mol. The fourth-order valence-electron chi connectivity index (χ4n) is 3.36. The van der Waals surface area contributed by atoms with E-state index in [-0.39, 0.29) is 10.6 Å². The van der Waals surface area contributed by atoms with Gasteiger partial charge in [0.1, 0.15) is 16.5 Å². The first-order valence-corrected chi connectivity index (χ1v) is 12.1. The van der Waals surface area contributed by atoms with E-state index in [1.54, 1.807) is 23.5 Å². The second-order valence-electron chi connectivity index (χ2n) is 7.08. The summed E-state index contributed by atoms with van der Waals surface area (Å²) in [5.41, 5.74) is 2.23. The Morgan fingerprint density at radius 3 is 2.70 bits per heavy atom. The SMILES string of the molecule is CCCOc1cccc(F)c1S(=O)(=O)c1ccc(CN2C=Cc3ccsc3C2)cc1. The summed E-state index contributed by atoms with van der Waals surface area (Å²) in [6.07, 6.45) is 4.84. The van der Waals surface area contributed by atoms with Gasteiger partial charge >= 0.3 is 0 Å². The van der Waals surface area contributed by atoms with Gasteiger partial charge in [-0.25, -0.2) is 12.8 Å². The van der Waals surface area contributed by atoms with E-state index >= 15 is 0 Å². The lowest BCUT2D eigenvalue weighted by Crippen LogP contribution is -2.18. The molecule has 3 aromatic rings. The Bertz CT molecular complexity index is 1170. The van der Waals surface area contributed by atoms with E-state index in [9.17, 15) is 12.8 Å². The highest BCUT2D eigenvalue weighted by Crippen LogP contribution is 2.32. The zero-order valence-electron chi connectivity index (χ0n) is 16.5. The minimum atomic E-state index is -4.04. The maximum Gasteiger partial charge on any atom is 0.213 e. The quantitative estimate of drug-likeness (QED) is 0.484. The fraction of sp³-hybridized carbons (Fsp3) is 0.217. The molecular formula is C23H22FNO3S2. The number of halogens is 1. The molecule has 2 heterocycles. The summed E-state index contributed by atoms with van der Waals surface area (Å²) >= 11 is 1.73. The molecule has 30 heavy (non-hydrogen) atoms. The van der Waals surface area contributed by atoms with Crippen LogP contribution < -0.4 is 4.74 Å². The van der Waals surface area contributed by atoms with E-state index in [0.717, 1.165) is 18.2 Å². The van der Waals surface area contributed by atoms with Crippen molar-refractivity contribution in [1.29, 1.82) is 0 Å². The number of ether oxygens (including phenoxy) is 1. The van der Waals surface area contributed by atoms with Crippen LogP contribution in [0.4, 0.5) is 4.39 Å². The van der Waals surface area contributed by atoms with Gasteiger partial charge in [0.15, 0.2) is 0 Å². The van der Waals surface area contributed by atoms with Gasteiger partial charge in [-0.1, -0.05) is 25.1 Å². The molecule has 7 heteroatoms. The molecule has 1 aliphatic rings. The Hall–Kier alpha value is -2.64. The third kappa shape index (κ3) is 4.13. The summed E-state index contributed by atoms with van der Waals surface area (Å²) in [7, 11) is -4.04. The first-order valence-electron chi connectivity index (χ1n) is 9.73. The van der Waals surface area contributed by atoms with Gasteiger partial charge in [0.25, 0.3) is 0 Å². The predicted octanol–water partition coefficient (Wildman–Crippen LogP) is 5.50. The lowest BCUT2D eigenvalue weighted by molar-refractivity contribution is 0.305. The smallest absolute Gasteiger partial charge is 0.213 e. The number of sulfone groups is 1. The molecule has 0 saturated heterocycles. The molecule has 4 nitrogen and oxygen atoms in total. The van der Waals surface area contributed by atoms with Gasteiger partial charge in [0.2, 0.25) is 9.84 Å². The fourth-order valence-corrected chi connectivity index (χ4v) is 5.70. The van der Waals surface area contributed by atoms with E-state index in [4.69, 9.17) is 4.74 Å². The zero-order chi connectivity index (χ0) is 21.1. The van der Waals surface area contributed by atoms with Crippen molar-refractivity contribution in [1.82, 2.24) is 4.90 Å². The lowest BCUT2D eigenvalue weighted by atomic mass is 10.1. The van der Waals surface area contributed by atoms with Crippen molar-refractivity contribution < 1.29 is 17.5 Å². The van der Waals surface area contributed by atoms with Gasteiger partial charge in [-0.3, -0.25) is 0 Å². The van der Waals surface area contributed by atoms with Crippen molar-refractivity contribution in [3.63, 3.8) is 0 Å². The summed E-state index contributed by atoms with van der Waals surface area (Å²) in [5.74, 6) is -0.760. The molecule has 0 N–H and O–H groups in total. The highest BCUT2D eigenvalue weighted by atomic mass is 32.2. The minimum absolute atomic E-state index is 0.0473. The van der Waals surface area contributed by atoms with Crippen LogP contribution in [0.25, 0.3) is 6.08 Å². The number of fused-ring (bicyclic) bond motifs is 1. The normalized spacial score (nSPS) is 13.3. The summed E-state index contributed by atoms with van der Waals surface area (Å²) < 4.78 is 46.2. The first-order chi connectivity index (χ1) is 14.5. The van der Waals surface area contributed by atoms with Gasteiger partial charge in [0.05, 0.1) is 18.0 Å². The molecule has 0 saturated carbocycles. The Morgan fingerprint density at radius 2 is 1.93 bits per heavy atom. The van der Waals surface area contributed by atoms with E-state index < -0.39 is 20.5 Å². The van der Waals surface area contributed by atoms with Crippen LogP contribution >= 0.6 is 11.3 Å². The first kappa shape index (κ1) is 20.6. The Labute approximate surface area is 180 Å². The molecular weight excluding hydrogens is 421 g/mol. The van der Waals surface area contributed by atoms with Gasteiger partial charge in [-0.15, -0.1) is 11.3 Å². The van der Waals surface area contributed by atoms with Crippen molar-refractivity contribution in [2.24, 2.45) is 0 Å². The molecule has 0 radical (unpaired) electrons. The average molecular weight is 444 g/mol. The molecule has 0 atom stereocenters. The van der Waals surface area contributed by atoms with Crippen LogP contribution in [-0.2, 0) is 22.9 Å². The van der Waals surface area contributed by atoms with E-state index in [1.165, 1.54) is 34.7 Å². The van der Waals surface area contributed by atoms with E-state index in [1.807, 2.05) is 6.92 Å². The molecule has 0 spiro atoms. The molecule has 0 unspecified atom stereocenters. The number of rotatable bonds is 7. The highest BCUT2D eigenvalue weighted by Gasteiger charge is 2.26. The standard InChI is InChI=1S/C23H22FNO3S2/c1-2-13-28-21-5-3-4-20(24)23(21)30(26,27)19-8-6-17(7-9-19)15-25-12-10-18-11-14-29-22(18)16-25/h3-12,14H,2,13,15-16H2,1H3. The van der Waals surface area contributed by atoms with Crippen molar-refractivity contribution in [2.75, 3.05) is 6.61 Å². The largest absolute Gasteiger partial charge is 0.492 e. The van der Waals surface area contributed by atoms with Crippen molar-refractivity contribution >= 4 is 27.3 Å². The van der Waals surface area contributed by atoms with Gasteiger partial charge < -0.3 is 9.64 Å².